The van der Waals surface area contributed by atoms with Crippen molar-refractivity contribution in [3.8, 4) is 6.07 Å². The lowest BCUT2D eigenvalue weighted by Crippen LogP contribution is -2.15. The van der Waals surface area contributed by atoms with Gasteiger partial charge in [0.05, 0.1) is 17.3 Å². The molecular formula is C17H14N2. The fourth-order valence-corrected chi connectivity index (χ4v) is 2.72. The Balaban J connectivity index is 2.18. The molecule has 0 heterocycles. The lowest BCUT2D eigenvalue weighted by Gasteiger charge is -2.26. The van der Waals surface area contributed by atoms with E-state index in [1.807, 2.05) is 36.4 Å². The number of nitrogens with zero attached hydrogens (tertiary/aromatic N) is 1. The molecule has 1 unspecified atom stereocenters. The summed E-state index contributed by atoms with van der Waals surface area (Å²) in [6, 6.07) is 20.6. The summed E-state index contributed by atoms with van der Waals surface area (Å²) in [6.45, 7) is 0. The van der Waals surface area contributed by atoms with Crippen LogP contribution < -0.4 is 5.73 Å². The third-order valence-electron chi connectivity index (χ3n) is 3.70. The second-order valence-electron chi connectivity index (χ2n) is 4.76. The van der Waals surface area contributed by atoms with E-state index >= 15 is 0 Å². The van der Waals surface area contributed by atoms with Crippen molar-refractivity contribution in [2.24, 2.45) is 5.73 Å². The number of fused-ring (bicyclic) bond motifs is 1. The quantitative estimate of drug-likeness (QED) is 0.838. The Bertz CT molecular complexity index is 678. The molecule has 0 fully saturated rings. The minimum atomic E-state index is 0.222. The normalized spacial score (nSPS) is 17.7. The van der Waals surface area contributed by atoms with Crippen molar-refractivity contribution in [3.05, 3.63) is 76.9 Å². The summed E-state index contributed by atoms with van der Waals surface area (Å²) in [5.41, 5.74) is 10.9. The number of rotatable bonds is 1. The maximum Gasteiger partial charge on any atom is 0.0969 e. The van der Waals surface area contributed by atoms with Gasteiger partial charge in [-0.3, -0.25) is 0 Å². The van der Waals surface area contributed by atoms with Gasteiger partial charge in [0.2, 0.25) is 0 Å². The first-order valence-electron chi connectivity index (χ1n) is 6.34. The van der Waals surface area contributed by atoms with E-state index in [2.05, 4.69) is 24.3 Å². The Morgan fingerprint density at radius 3 is 2.42 bits per heavy atom. The lowest BCUT2D eigenvalue weighted by molar-refractivity contribution is 0.793. The Kier molecular flexibility index (Phi) is 2.81. The molecular weight excluding hydrogens is 232 g/mol. The molecule has 3 rings (SSSR count). The largest absolute Gasteiger partial charge is 0.397 e. The maximum atomic E-state index is 9.26. The van der Waals surface area contributed by atoms with Crippen LogP contribution in [0.1, 0.15) is 29.0 Å². The van der Waals surface area contributed by atoms with E-state index in [1.165, 1.54) is 11.1 Å². The van der Waals surface area contributed by atoms with Gasteiger partial charge in [0.1, 0.15) is 0 Å². The van der Waals surface area contributed by atoms with E-state index in [4.69, 9.17) is 5.73 Å². The molecule has 1 aliphatic rings. The minimum absolute atomic E-state index is 0.222. The Morgan fingerprint density at radius 2 is 1.68 bits per heavy atom. The van der Waals surface area contributed by atoms with E-state index < -0.39 is 0 Å². The lowest BCUT2D eigenvalue weighted by atomic mass is 9.78. The van der Waals surface area contributed by atoms with Crippen molar-refractivity contribution >= 4 is 5.70 Å². The van der Waals surface area contributed by atoms with Gasteiger partial charge in [-0.15, -0.1) is 0 Å². The molecule has 0 bridgehead atoms. The first-order valence-corrected chi connectivity index (χ1v) is 6.34. The molecule has 0 amide bonds. The summed E-state index contributed by atoms with van der Waals surface area (Å²) in [6.07, 6.45) is 0.684. The van der Waals surface area contributed by atoms with Gasteiger partial charge in [-0.25, -0.2) is 0 Å². The van der Waals surface area contributed by atoms with Crippen LogP contribution in [0, 0.1) is 11.3 Å². The zero-order chi connectivity index (χ0) is 13.2. The molecule has 0 radical (unpaired) electrons. The average molecular weight is 246 g/mol. The molecule has 1 aliphatic carbocycles. The van der Waals surface area contributed by atoms with Gasteiger partial charge in [-0.05, 0) is 17.5 Å². The molecule has 0 aliphatic heterocycles. The van der Waals surface area contributed by atoms with Gasteiger partial charge in [0.15, 0.2) is 0 Å². The van der Waals surface area contributed by atoms with Crippen LogP contribution in [0.25, 0.3) is 5.70 Å². The van der Waals surface area contributed by atoms with E-state index in [0.29, 0.717) is 17.7 Å². The van der Waals surface area contributed by atoms with Gasteiger partial charge >= 0.3 is 0 Å². The molecule has 0 saturated heterocycles. The molecule has 2 aromatic carbocycles. The van der Waals surface area contributed by atoms with Crippen LogP contribution >= 0.6 is 0 Å². The van der Waals surface area contributed by atoms with Gasteiger partial charge < -0.3 is 5.73 Å². The summed E-state index contributed by atoms with van der Waals surface area (Å²) in [4.78, 5) is 0. The third kappa shape index (κ3) is 1.90. The van der Waals surface area contributed by atoms with Crippen LogP contribution in [0.3, 0.4) is 0 Å². The third-order valence-corrected chi connectivity index (χ3v) is 3.70. The van der Waals surface area contributed by atoms with Crippen LogP contribution in [-0.4, -0.2) is 0 Å². The summed E-state index contributed by atoms with van der Waals surface area (Å²) in [7, 11) is 0. The highest BCUT2D eigenvalue weighted by atomic mass is 14.6. The maximum absolute atomic E-state index is 9.26. The van der Waals surface area contributed by atoms with Crippen molar-refractivity contribution in [2.45, 2.75) is 12.3 Å². The zero-order valence-electron chi connectivity index (χ0n) is 10.5. The predicted octanol–water partition coefficient (Wildman–Crippen LogP) is 3.42. The van der Waals surface area contributed by atoms with Crippen LogP contribution in [-0.2, 0) is 0 Å². The van der Waals surface area contributed by atoms with Gasteiger partial charge in [-0.2, -0.15) is 5.26 Å². The second kappa shape index (κ2) is 4.62. The number of nitriles is 1. The number of nitrogens with two attached hydrogens (primary N) is 1. The fourth-order valence-electron chi connectivity index (χ4n) is 2.72. The van der Waals surface area contributed by atoms with Crippen molar-refractivity contribution in [3.63, 3.8) is 0 Å². The second-order valence-corrected chi connectivity index (χ2v) is 4.76. The first kappa shape index (κ1) is 11.6. The van der Waals surface area contributed by atoms with E-state index in [0.717, 1.165) is 5.56 Å². The highest BCUT2D eigenvalue weighted by Gasteiger charge is 2.26. The molecule has 2 N–H and O–H groups in total. The summed E-state index contributed by atoms with van der Waals surface area (Å²) in [5, 5.41) is 9.26. The summed E-state index contributed by atoms with van der Waals surface area (Å²) >= 11 is 0. The van der Waals surface area contributed by atoms with Gasteiger partial charge in [-0.1, -0.05) is 54.6 Å². The molecule has 0 aromatic heterocycles. The molecule has 0 spiro atoms. The predicted molar refractivity (Wildman–Crippen MR) is 76.1 cm³/mol. The minimum Gasteiger partial charge on any atom is -0.397 e. The fraction of sp³-hybridized carbons (Fsp3) is 0.118. The zero-order valence-corrected chi connectivity index (χ0v) is 10.5. The van der Waals surface area contributed by atoms with Crippen molar-refractivity contribution in [2.75, 3.05) is 0 Å². The molecule has 2 aromatic rings. The number of hydrogen-bond donors (Lipinski definition) is 1. The Labute approximate surface area is 112 Å². The Morgan fingerprint density at radius 1 is 1.00 bits per heavy atom. The smallest absolute Gasteiger partial charge is 0.0969 e. The summed E-state index contributed by atoms with van der Waals surface area (Å²) in [5.74, 6) is 0.222. The van der Waals surface area contributed by atoms with Crippen LogP contribution in [0.15, 0.2) is 60.2 Å². The SMILES string of the molecule is N#CC1=C(N)c2ccccc2C(c2ccccc2)C1. The molecule has 0 saturated carbocycles. The molecule has 92 valence electrons. The summed E-state index contributed by atoms with van der Waals surface area (Å²) < 4.78 is 0. The average Bonchev–Trinajstić information content (AvgIpc) is 2.49. The number of benzene rings is 2. The van der Waals surface area contributed by atoms with Crippen LogP contribution in [0.5, 0.6) is 0 Å². The van der Waals surface area contributed by atoms with Crippen molar-refractivity contribution in [1.29, 1.82) is 5.26 Å². The Hall–Kier alpha value is -2.53. The van der Waals surface area contributed by atoms with Crippen molar-refractivity contribution in [1.82, 2.24) is 0 Å². The molecule has 2 heteroatoms. The monoisotopic (exact) mass is 246 g/mol. The topological polar surface area (TPSA) is 49.8 Å². The van der Waals surface area contributed by atoms with Crippen LogP contribution in [0.2, 0.25) is 0 Å². The standard InChI is InChI=1S/C17H14N2/c18-11-13-10-16(12-6-2-1-3-7-12)14-8-4-5-9-15(14)17(13)19/h1-9,16H,10,19H2. The van der Waals surface area contributed by atoms with Crippen molar-refractivity contribution < 1.29 is 0 Å². The first-order chi connectivity index (χ1) is 9.31. The van der Waals surface area contributed by atoms with E-state index in [9.17, 15) is 5.26 Å². The highest BCUT2D eigenvalue weighted by Crippen LogP contribution is 2.39. The van der Waals surface area contributed by atoms with Gasteiger partial charge in [0.25, 0.3) is 0 Å². The highest BCUT2D eigenvalue weighted by molar-refractivity contribution is 5.75. The molecule has 19 heavy (non-hydrogen) atoms. The molecule has 1 atom stereocenters. The number of hydrogen-bond acceptors (Lipinski definition) is 2. The molecule has 2 nitrogen and oxygen atoms in total. The van der Waals surface area contributed by atoms with E-state index in [1.54, 1.807) is 0 Å². The van der Waals surface area contributed by atoms with Gasteiger partial charge in [0, 0.05) is 11.5 Å². The van der Waals surface area contributed by atoms with Crippen LogP contribution in [0.4, 0.5) is 0 Å². The van der Waals surface area contributed by atoms with E-state index in [-0.39, 0.29) is 5.92 Å². The number of allylic oxidation sites excluding steroid dienone is 1.